The molecule has 0 aliphatic heterocycles. The van der Waals surface area contributed by atoms with E-state index in [0.717, 1.165) is 0 Å². The fourth-order valence-electron chi connectivity index (χ4n) is 0.569. The third-order valence-corrected chi connectivity index (χ3v) is 1.22. The summed E-state index contributed by atoms with van der Waals surface area (Å²) in [4.78, 5) is 10.4. The third kappa shape index (κ3) is 1.65. The molecular formula is C6H4BClO. The van der Waals surface area contributed by atoms with Gasteiger partial charge >= 0.3 is 58.2 Å². The van der Waals surface area contributed by atoms with E-state index < -0.39 is 5.24 Å². The van der Waals surface area contributed by atoms with Crippen molar-refractivity contribution in [1.82, 2.24) is 0 Å². The molecule has 0 amide bonds. The molecule has 0 fully saturated rings. The summed E-state index contributed by atoms with van der Waals surface area (Å²) in [5.74, 6) is 3.55. The number of carbonyl (C=O) groups excluding carboxylic acids is 1. The predicted molar refractivity (Wildman–Crippen MR) is 38.0 cm³/mol. The first-order valence-corrected chi connectivity index (χ1v) is 2.93. The van der Waals surface area contributed by atoms with Gasteiger partial charge < -0.3 is 0 Å². The van der Waals surface area contributed by atoms with Gasteiger partial charge in [-0.25, -0.2) is 0 Å². The van der Waals surface area contributed by atoms with Crippen LogP contribution >= 0.6 is 11.6 Å². The first kappa shape index (κ1) is 6.49. The van der Waals surface area contributed by atoms with Crippen LogP contribution in [-0.4, -0.2) is 12.2 Å². The second-order valence-corrected chi connectivity index (χ2v) is 1.98. The molecule has 0 bridgehead atoms. The molecule has 0 spiro atoms. The van der Waals surface area contributed by atoms with E-state index in [0.29, 0.717) is 5.56 Å². The third-order valence-electron chi connectivity index (χ3n) is 1.00. The zero-order valence-corrected chi connectivity index (χ0v) is 5.43. The summed E-state index contributed by atoms with van der Waals surface area (Å²) in [6.45, 7) is 1.84. The molecule has 0 saturated carbocycles. The minimum atomic E-state index is -0.407. The van der Waals surface area contributed by atoms with Gasteiger partial charge in [-0.3, -0.25) is 0 Å². The van der Waals surface area contributed by atoms with Crippen molar-refractivity contribution in [3.05, 3.63) is 29.6 Å². The van der Waals surface area contributed by atoms with Gasteiger partial charge in [0.05, 0.1) is 0 Å². The van der Waals surface area contributed by atoms with Crippen molar-refractivity contribution in [1.29, 1.82) is 0 Å². The van der Waals surface area contributed by atoms with E-state index in [1.807, 2.05) is 6.91 Å². The van der Waals surface area contributed by atoms with Crippen LogP contribution in [0.4, 0.5) is 0 Å². The molecule has 1 rings (SSSR count). The first-order chi connectivity index (χ1) is 4.30. The van der Waals surface area contributed by atoms with Gasteiger partial charge in [-0.15, -0.1) is 0 Å². The van der Waals surface area contributed by atoms with E-state index >= 15 is 0 Å². The molecule has 9 heavy (non-hydrogen) atoms. The van der Waals surface area contributed by atoms with E-state index in [4.69, 9.17) is 11.6 Å². The molecule has 1 heterocycles. The van der Waals surface area contributed by atoms with Gasteiger partial charge in [-0.05, 0) is 0 Å². The molecule has 1 aromatic heterocycles. The number of carbonyl (C=O) groups is 1. The van der Waals surface area contributed by atoms with Gasteiger partial charge in [0.15, 0.2) is 0 Å². The monoisotopic (exact) mass is 138 g/mol. The van der Waals surface area contributed by atoms with E-state index in [9.17, 15) is 4.79 Å². The summed E-state index contributed by atoms with van der Waals surface area (Å²) in [7, 11) is 0. The van der Waals surface area contributed by atoms with Crippen molar-refractivity contribution in [2.45, 2.75) is 0 Å². The van der Waals surface area contributed by atoms with Gasteiger partial charge in [0.2, 0.25) is 0 Å². The topological polar surface area (TPSA) is 17.1 Å². The molecule has 0 N–H and O–H groups in total. The molecule has 0 aliphatic rings. The second-order valence-electron chi connectivity index (χ2n) is 1.64. The molecule has 0 atom stereocenters. The van der Waals surface area contributed by atoms with E-state index in [1.165, 1.54) is 0 Å². The molecule has 0 aliphatic carbocycles. The summed E-state index contributed by atoms with van der Waals surface area (Å²) in [6.07, 6.45) is 0. The van der Waals surface area contributed by atoms with Gasteiger partial charge in [0.1, 0.15) is 0 Å². The summed E-state index contributed by atoms with van der Waals surface area (Å²) in [5.41, 5.74) is 0.541. The Balaban J connectivity index is 2.98. The van der Waals surface area contributed by atoms with Crippen molar-refractivity contribution in [2.24, 2.45) is 0 Å². The maximum absolute atomic E-state index is 10.4. The molecule has 0 saturated heterocycles. The van der Waals surface area contributed by atoms with Crippen LogP contribution in [0, 0.1) is 0 Å². The average molecular weight is 138 g/mol. The minimum absolute atomic E-state index is 0.407. The van der Waals surface area contributed by atoms with Crippen LogP contribution in [0.3, 0.4) is 0 Å². The number of hydrogen-bond acceptors (Lipinski definition) is 1. The number of hydrogen-bond donors (Lipinski definition) is 0. The molecule has 1 nitrogen and oxygen atoms in total. The molecule has 0 aromatic carbocycles. The van der Waals surface area contributed by atoms with E-state index in [-0.39, 0.29) is 0 Å². The van der Waals surface area contributed by atoms with Crippen molar-refractivity contribution in [3.8, 4) is 0 Å². The Labute approximate surface area is 58.9 Å². The summed E-state index contributed by atoms with van der Waals surface area (Å²) in [5, 5.41) is -0.407. The number of halogens is 1. The zero-order valence-electron chi connectivity index (χ0n) is 4.67. The Bertz CT molecular complexity index is 210. The van der Waals surface area contributed by atoms with Crippen LogP contribution in [0.2, 0.25) is 0 Å². The van der Waals surface area contributed by atoms with Gasteiger partial charge in [0, 0.05) is 0 Å². The summed E-state index contributed by atoms with van der Waals surface area (Å²) < 4.78 is 0. The molecule has 0 radical (unpaired) electrons. The summed E-state index contributed by atoms with van der Waals surface area (Å²) >= 11 is 5.16. The van der Waals surface area contributed by atoms with Gasteiger partial charge in [-0.2, -0.15) is 0 Å². The quantitative estimate of drug-likeness (QED) is 0.536. The van der Waals surface area contributed by atoms with E-state index in [2.05, 4.69) is 0 Å². The van der Waals surface area contributed by atoms with Crippen LogP contribution in [0.5, 0.6) is 0 Å². The van der Waals surface area contributed by atoms with Crippen LogP contribution in [0.25, 0.3) is 0 Å². The second kappa shape index (κ2) is 2.78. The average Bonchev–Trinajstić information content (AvgIpc) is 1.90. The van der Waals surface area contributed by atoms with Crippen LogP contribution in [0.1, 0.15) is 10.4 Å². The molecule has 44 valence electrons. The summed E-state index contributed by atoms with van der Waals surface area (Å²) in [6, 6.07) is 3.35. The molecule has 0 unspecified atom stereocenters. The number of rotatable bonds is 1. The van der Waals surface area contributed by atoms with Gasteiger partial charge in [-0.1, -0.05) is 0 Å². The van der Waals surface area contributed by atoms with Crippen molar-refractivity contribution >= 4 is 23.8 Å². The normalized spacial score (nSPS) is 8.56. The predicted octanol–water partition coefficient (Wildman–Crippen LogP) is 1.40. The van der Waals surface area contributed by atoms with Crippen molar-refractivity contribution < 1.29 is 4.79 Å². The Morgan fingerprint density at radius 1 is 1.44 bits per heavy atom. The standard InChI is InChI=1S/C6H4BClO/c8-6(9)5-1-3-7-4-2-5/h1-4H. The fourth-order valence-corrected chi connectivity index (χ4v) is 0.695. The molecular weight excluding hydrogens is 134 g/mol. The SMILES string of the molecule is O=C(Cl)c1ccbcc1. The first-order valence-electron chi connectivity index (χ1n) is 2.55. The Hall–Kier alpha value is -0.625. The van der Waals surface area contributed by atoms with Crippen LogP contribution in [-0.2, 0) is 0 Å². The Morgan fingerprint density at radius 2 is 2.00 bits per heavy atom. The Morgan fingerprint density at radius 3 is 2.33 bits per heavy atom. The molecule has 1 aromatic rings. The van der Waals surface area contributed by atoms with Crippen molar-refractivity contribution in [3.63, 3.8) is 0 Å². The van der Waals surface area contributed by atoms with Gasteiger partial charge in [0.25, 0.3) is 0 Å². The van der Waals surface area contributed by atoms with E-state index in [1.54, 1.807) is 24.1 Å². The molecule has 3 heteroatoms. The maximum atomic E-state index is 10.4. The van der Waals surface area contributed by atoms with Crippen LogP contribution in [0.15, 0.2) is 24.1 Å². The Kier molecular flexibility index (Phi) is 2.01. The zero-order chi connectivity index (χ0) is 6.69. The van der Waals surface area contributed by atoms with Crippen molar-refractivity contribution in [2.75, 3.05) is 0 Å². The fraction of sp³-hybridized carbons (Fsp3) is 0. The van der Waals surface area contributed by atoms with Crippen LogP contribution < -0.4 is 0 Å².